The van der Waals surface area contributed by atoms with Crippen molar-refractivity contribution in [1.29, 1.82) is 0 Å². The molecule has 0 unspecified atom stereocenters. The smallest absolute Gasteiger partial charge is 0.176 e. The molecule has 1 saturated heterocycles. The number of phenolic OH excluding ortho intramolecular Hbond substituents is 7. The number of allylic oxidation sites excluding steroid dienone is 2. The molecular weight excluding hydrogens is 825 g/mol. The fraction of sp³-hybridized carbons (Fsp3) is 0.241. The number of Topliss-reactive ketones (excluding diaryl/α,β-unsaturated/α-hetero) is 1. The fourth-order valence-electron chi connectivity index (χ4n) is 8.56. The number of aromatic hydroxyl groups is 7. The Kier molecular flexibility index (Phi) is 14.8. The number of hydrogen-bond acceptors (Lipinski definition) is 11. The van der Waals surface area contributed by atoms with Crippen LogP contribution in [0.15, 0.2) is 146 Å². The maximum absolute atomic E-state index is 15.6. The number of ether oxygens (including phenoxy) is 2. The van der Waals surface area contributed by atoms with Crippen LogP contribution in [-0.2, 0) is 17.6 Å². The first-order valence-corrected chi connectivity index (χ1v) is 21.6. The Morgan fingerprint density at radius 3 is 1.85 bits per heavy atom. The van der Waals surface area contributed by atoms with Crippen LogP contribution in [-0.4, -0.2) is 66.0 Å². The fourth-order valence-corrected chi connectivity index (χ4v) is 8.56. The van der Waals surface area contributed by atoms with Crippen LogP contribution in [0.4, 0.5) is 0 Å². The molecule has 8 N–H and O–H groups in total. The van der Waals surface area contributed by atoms with Crippen LogP contribution in [0.3, 0.4) is 0 Å². The van der Waals surface area contributed by atoms with Gasteiger partial charge < -0.3 is 50.3 Å². The van der Waals surface area contributed by atoms with E-state index in [1.807, 2.05) is 24.3 Å². The highest BCUT2D eigenvalue weighted by Gasteiger charge is 2.45. The minimum Gasteiger partial charge on any atom is -0.508 e. The minimum atomic E-state index is -0.971. The van der Waals surface area contributed by atoms with Crippen LogP contribution >= 0.6 is 0 Å². The molecule has 0 bridgehead atoms. The molecule has 1 aliphatic rings. The molecule has 0 saturated carbocycles. The molecule has 11 nitrogen and oxygen atoms in total. The summed E-state index contributed by atoms with van der Waals surface area (Å²) in [5, 5.41) is 85.1. The van der Waals surface area contributed by atoms with E-state index in [1.54, 1.807) is 97.1 Å². The van der Waals surface area contributed by atoms with Crippen molar-refractivity contribution in [3.63, 3.8) is 0 Å². The highest BCUT2D eigenvalue weighted by molar-refractivity contribution is 6.04. The van der Waals surface area contributed by atoms with Crippen LogP contribution in [0.25, 0.3) is 6.08 Å². The molecule has 11 heteroatoms. The van der Waals surface area contributed by atoms with Crippen LogP contribution in [0.2, 0.25) is 0 Å². The molecule has 0 radical (unpaired) electrons. The first-order valence-electron chi connectivity index (χ1n) is 21.6. The highest BCUT2D eigenvalue weighted by atomic mass is 16.5. The predicted octanol–water partition coefficient (Wildman–Crippen LogP) is 10.00. The number of ketones is 1. The maximum Gasteiger partial charge on any atom is 0.176 e. The van der Waals surface area contributed by atoms with Crippen molar-refractivity contribution < 1.29 is 55.1 Å². The normalized spacial score (nSPS) is 18.4. The number of hydrogen-bond donors (Lipinski definition) is 8. The van der Waals surface area contributed by atoms with Gasteiger partial charge in [-0.25, -0.2) is 0 Å². The molecule has 0 spiro atoms. The zero-order valence-electron chi connectivity index (χ0n) is 35.9. The molecule has 7 rings (SSSR count). The lowest BCUT2D eigenvalue weighted by molar-refractivity contribution is -0.0938. The zero-order chi connectivity index (χ0) is 46.0. The van der Waals surface area contributed by atoms with Crippen molar-refractivity contribution in [2.75, 3.05) is 7.11 Å². The molecule has 6 atom stereocenters. The molecule has 1 fully saturated rings. The second-order valence-electron chi connectivity index (χ2n) is 16.5. The number of benzene rings is 6. The summed E-state index contributed by atoms with van der Waals surface area (Å²) in [4.78, 5) is 15.6. The number of rotatable bonds is 17. The Morgan fingerprint density at radius 2 is 1.26 bits per heavy atom. The van der Waals surface area contributed by atoms with Crippen LogP contribution in [0.5, 0.6) is 46.0 Å². The molecule has 6 aromatic rings. The lowest BCUT2D eigenvalue weighted by Gasteiger charge is -2.41. The Hall–Kier alpha value is -7.21. The summed E-state index contributed by atoms with van der Waals surface area (Å²) in [7, 11) is 1.35. The van der Waals surface area contributed by atoms with E-state index in [1.165, 1.54) is 37.4 Å². The molecule has 0 aliphatic carbocycles. The third-order valence-corrected chi connectivity index (χ3v) is 12.1. The van der Waals surface area contributed by atoms with Gasteiger partial charge >= 0.3 is 0 Å². The van der Waals surface area contributed by atoms with Gasteiger partial charge in [0.2, 0.25) is 0 Å². The topological polar surface area (TPSA) is 197 Å². The summed E-state index contributed by atoms with van der Waals surface area (Å²) >= 11 is 0. The van der Waals surface area contributed by atoms with Crippen molar-refractivity contribution >= 4 is 11.9 Å². The summed E-state index contributed by atoms with van der Waals surface area (Å²) in [5.41, 5.74) is 3.75. The standard InChI is InChI=1S/C54H54O11/c1-64-48-32-47(61)50(46(36-15-26-43(59)27-16-36)4-2-3-39(55)19-6-34-9-22-41(57)23-10-34)53(63)51(48)52(62)49-38(14-5-33-7-20-40(56)21-8-33)31-45(30-13-35-11-24-42(58)25-12-35)65-54(49)37-17-28-44(60)29-18-37/h2,4-5,7-12,14-18,20-29,32,38-39,45-46,49,54-61,63H,3,6,13,19,30-31H2,1H3/t38-,39-,45+,46+,49+,54+/m1/s1. The molecule has 336 valence electrons. The van der Waals surface area contributed by atoms with Crippen molar-refractivity contribution in [3.05, 3.63) is 185 Å². The summed E-state index contributed by atoms with van der Waals surface area (Å²) in [6.45, 7) is 0. The van der Waals surface area contributed by atoms with Gasteiger partial charge in [-0.05, 0) is 133 Å². The highest BCUT2D eigenvalue weighted by Crippen LogP contribution is 2.50. The van der Waals surface area contributed by atoms with E-state index in [9.17, 15) is 40.9 Å². The van der Waals surface area contributed by atoms with Gasteiger partial charge in [-0.1, -0.05) is 85.0 Å². The molecule has 0 aromatic heterocycles. The molecule has 1 heterocycles. The SMILES string of the molecule is COc1cc(O)c([C@@H](C=CC[C@@H](O)CCc2ccc(O)cc2)c2ccc(O)cc2)c(O)c1C(=O)[C@@H]1[C@H](C=Cc2ccc(O)cc2)C[C@H](CCc2ccc(O)cc2)O[C@H]1c1ccc(O)cc1. The number of aliphatic hydroxyl groups is 1. The van der Waals surface area contributed by atoms with Crippen molar-refractivity contribution in [2.24, 2.45) is 11.8 Å². The number of aliphatic hydroxyl groups excluding tert-OH is 1. The summed E-state index contributed by atoms with van der Waals surface area (Å²) < 4.78 is 12.6. The molecule has 1 aliphatic heterocycles. The average molecular weight is 879 g/mol. The van der Waals surface area contributed by atoms with Gasteiger partial charge in [0.1, 0.15) is 51.6 Å². The molecule has 0 amide bonds. The van der Waals surface area contributed by atoms with E-state index < -0.39 is 41.5 Å². The lowest BCUT2D eigenvalue weighted by Crippen LogP contribution is -2.40. The van der Waals surface area contributed by atoms with Gasteiger partial charge in [0, 0.05) is 17.5 Å². The zero-order valence-corrected chi connectivity index (χ0v) is 35.9. The van der Waals surface area contributed by atoms with Crippen LogP contribution < -0.4 is 4.74 Å². The van der Waals surface area contributed by atoms with E-state index in [4.69, 9.17) is 9.47 Å². The Labute approximate surface area is 378 Å². The number of phenols is 7. The number of methoxy groups -OCH3 is 1. The number of carbonyl (C=O) groups is 1. The van der Waals surface area contributed by atoms with Gasteiger partial charge in [0.25, 0.3) is 0 Å². The number of aryl methyl sites for hydroxylation is 2. The van der Waals surface area contributed by atoms with Gasteiger partial charge in [0.05, 0.1) is 31.3 Å². The third kappa shape index (κ3) is 11.5. The summed E-state index contributed by atoms with van der Waals surface area (Å²) in [6, 6.07) is 34.4. The van der Waals surface area contributed by atoms with Crippen LogP contribution in [0.1, 0.15) is 81.4 Å². The van der Waals surface area contributed by atoms with Crippen LogP contribution in [0, 0.1) is 11.8 Å². The maximum atomic E-state index is 15.6. The second kappa shape index (κ2) is 21.0. The first-order chi connectivity index (χ1) is 31.4. The van der Waals surface area contributed by atoms with Crippen molar-refractivity contribution in [3.8, 4) is 46.0 Å². The van der Waals surface area contributed by atoms with E-state index in [-0.39, 0.29) is 63.9 Å². The third-order valence-electron chi connectivity index (χ3n) is 12.1. The van der Waals surface area contributed by atoms with E-state index >= 15 is 4.79 Å². The van der Waals surface area contributed by atoms with Crippen molar-refractivity contribution in [1.82, 2.24) is 0 Å². The monoisotopic (exact) mass is 878 g/mol. The van der Waals surface area contributed by atoms with E-state index in [2.05, 4.69) is 0 Å². The Morgan fingerprint density at radius 1 is 0.723 bits per heavy atom. The van der Waals surface area contributed by atoms with Gasteiger partial charge in [0.15, 0.2) is 5.78 Å². The Bertz CT molecular complexity index is 2570. The predicted molar refractivity (Wildman–Crippen MR) is 248 cm³/mol. The average Bonchev–Trinajstić information content (AvgIpc) is 3.30. The summed E-state index contributed by atoms with van der Waals surface area (Å²) in [5.74, 6) is -3.31. The van der Waals surface area contributed by atoms with E-state index in [0.717, 1.165) is 16.7 Å². The van der Waals surface area contributed by atoms with Gasteiger partial charge in [-0.3, -0.25) is 4.79 Å². The van der Waals surface area contributed by atoms with Gasteiger partial charge in [-0.15, -0.1) is 0 Å². The molecule has 6 aromatic carbocycles. The minimum absolute atomic E-state index is 0.00511. The lowest BCUT2D eigenvalue weighted by atomic mass is 9.73. The largest absolute Gasteiger partial charge is 0.508 e. The molecule has 65 heavy (non-hydrogen) atoms. The second-order valence-corrected chi connectivity index (χ2v) is 16.5. The Balaban J connectivity index is 1.28. The summed E-state index contributed by atoms with van der Waals surface area (Å²) in [6.07, 6.45) is 8.17. The quantitative estimate of drug-likeness (QED) is 0.0321. The number of carbonyl (C=O) groups excluding carboxylic acids is 1. The first kappa shape index (κ1) is 45.8. The van der Waals surface area contributed by atoms with Crippen molar-refractivity contribution in [2.45, 2.75) is 62.8 Å². The van der Waals surface area contributed by atoms with E-state index in [0.29, 0.717) is 43.2 Å². The van der Waals surface area contributed by atoms with Gasteiger partial charge in [-0.2, -0.15) is 0 Å². The molecular formula is C54H54O11.